The van der Waals surface area contributed by atoms with Gasteiger partial charge >= 0.3 is 0 Å². The number of fused-ring (bicyclic) bond motifs is 1. The number of hydrogen-bond acceptors (Lipinski definition) is 4. The Bertz CT molecular complexity index is 828. The average molecular weight is 450 g/mol. The maximum atomic E-state index is 13.1. The molecule has 0 bridgehead atoms. The van der Waals surface area contributed by atoms with E-state index in [1.54, 1.807) is 7.11 Å². The van der Waals surface area contributed by atoms with Crippen LogP contribution in [0.4, 0.5) is 0 Å². The van der Waals surface area contributed by atoms with Gasteiger partial charge in [-0.3, -0.25) is 4.79 Å². The summed E-state index contributed by atoms with van der Waals surface area (Å²) in [5, 5.41) is 4.47. The number of ether oxygens (including phenoxy) is 2. The minimum Gasteiger partial charge on any atom is -0.385 e. The predicted molar refractivity (Wildman–Crippen MR) is 112 cm³/mol. The topological polar surface area (TPSA) is 55.7 Å². The van der Waals surface area contributed by atoms with Crippen LogP contribution in [0.15, 0.2) is 28.9 Å². The van der Waals surface area contributed by atoms with Gasteiger partial charge in [0.15, 0.2) is 0 Å². The van der Waals surface area contributed by atoms with Crippen molar-refractivity contribution in [3.05, 3.63) is 34.4 Å². The van der Waals surface area contributed by atoms with Crippen LogP contribution in [0.3, 0.4) is 0 Å². The zero-order valence-electron chi connectivity index (χ0n) is 16.3. The first-order valence-electron chi connectivity index (χ1n) is 10.1. The Morgan fingerprint density at radius 3 is 3.00 bits per heavy atom. The maximum Gasteiger partial charge on any atom is 0.253 e. The summed E-state index contributed by atoms with van der Waals surface area (Å²) in [4.78, 5) is 15.2. The third-order valence-electron chi connectivity index (χ3n) is 5.49. The van der Waals surface area contributed by atoms with Crippen molar-refractivity contribution in [1.29, 1.82) is 0 Å². The smallest absolute Gasteiger partial charge is 0.253 e. The zero-order chi connectivity index (χ0) is 19.5. The van der Waals surface area contributed by atoms with E-state index < -0.39 is 0 Å². The lowest BCUT2D eigenvalue weighted by Crippen LogP contribution is -2.49. The normalized spacial score (nSPS) is 19.9. The highest BCUT2D eigenvalue weighted by Gasteiger charge is 2.37. The van der Waals surface area contributed by atoms with Gasteiger partial charge in [-0.25, -0.2) is 0 Å². The summed E-state index contributed by atoms with van der Waals surface area (Å²) in [7, 11) is 1.73. The first kappa shape index (κ1) is 19.9. The molecule has 1 amide bonds. The van der Waals surface area contributed by atoms with Crippen molar-refractivity contribution in [2.24, 2.45) is 0 Å². The van der Waals surface area contributed by atoms with Gasteiger partial charge in [-0.05, 0) is 46.8 Å². The number of halogens is 1. The van der Waals surface area contributed by atoms with Crippen LogP contribution in [-0.2, 0) is 27.4 Å². The van der Waals surface area contributed by atoms with E-state index in [1.807, 2.05) is 4.90 Å². The van der Waals surface area contributed by atoms with E-state index >= 15 is 0 Å². The number of nitrogens with one attached hydrogen (secondary N) is 1. The number of methoxy groups -OCH3 is 1. The van der Waals surface area contributed by atoms with Gasteiger partial charge < -0.3 is 24.3 Å². The Morgan fingerprint density at radius 1 is 1.43 bits per heavy atom. The number of aryl methyl sites for hydroxylation is 1. The zero-order valence-corrected chi connectivity index (χ0v) is 17.9. The van der Waals surface area contributed by atoms with Crippen molar-refractivity contribution >= 4 is 32.7 Å². The molecule has 152 valence electrons. The highest BCUT2D eigenvalue weighted by atomic mass is 79.9. The number of aromatic nitrogens is 1. The Hall–Kier alpha value is -1.41. The number of carbonyl (C=O) groups excluding carboxylic acids is 1. The number of rotatable bonds is 8. The average Bonchev–Trinajstić information content (AvgIpc) is 3.50. The molecular weight excluding hydrogens is 422 g/mol. The molecule has 0 spiro atoms. The largest absolute Gasteiger partial charge is 0.385 e. The lowest BCUT2D eigenvalue weighted by Gasteiger charge is -2.30. The molecule has 1 aromatic heterocycles. The summed E-state index contributed by atoms with van der Waals surface area (Å²) in [6.45, 7) is 4.27. The monoisotopic (exact) mass is 449 g/mol. The lowest BCUT2D eigenvalue weighted by atomic mass is 10.1. The van der Waals surface area contributed by atoms with E-state index in [-0.39, 0.29) is 12.0 Å². The van der Waals surface area contributed by atoms with E-state index in [2.05, 4.69) is 50.2 Å². The molecule has 4 rings (SSSR count). The molecule has 2 heterocycles. The van der Waals surface area contributed by atoms with Crippen molar-refractivity contribution in [2.75, 3.05) is 33.4 Å². The SMILES string of the molecule is COCCCn1cc(CN(C(=O)[C@H]2CNCCO2)C2CC2)c2cccc(Br)c21. The van der Waals surface area contributed by atoms with Gasteiger partial charge in [0, 0.05) is 62.0 Å². The van der Waals surface area contributed by atoms with Crippen molar-refractivity contribution < 1.29 is 14.3 Å². The summed E-state index contributed by atoms with van der Waals surface area (Å²) < 4.78 is 14.3. The molecule has 28 heavy (non-hydrogen) atoms. The lowest BCUT2D eigenvalue weighted by molar-refractivity contribution is -0.146. The van der Waals surface area contributed by atoms with Gasteiger partial charge in [0.1, 0.15) is 6.10 Å². The molecular formula is C21H28BrN3O3. The van der Waals surface area contributed by atoms with Gasteiger partial charge in [0.25, 0.3) is 5.91 Å². The van der Waals surface area contributed by atoms with Crippen molar-refractivity contribution in [3.8, 4) is 0 Å². The number of morpholine rings is 1. The van der Waals surface area contributed by atoms with Crippen molar-refractivity contribution in [1.82, 2.24) is 14.8 Å². The van der Waals surface area contributed by atoms with E-state index in [0.717, 1.165) is 43.4 Å². The fourth-order valence-corrected chi connectivity index (χ4v) is 4.53. The molecule has 2 fully saturated rings. The molecule has 7 heteroatoms. The van der Waals surface area contributed by atoms with Crippen LogP contribution in [-0.4, -0.2) is 60.9 Å². The summed E-state index contributed by atoms with van der Waals surface area (Å²) >= 11 is 3.71. The fraction of sp³-hybridized carbons (Fsp3) is 0.571. The molecule has 1 saturated heterocycles. The predicted octanol–water partition coefficient (Wildman–Crippen LogP) is 2.92. The molecule has 1 N–H and O–H groups in total. The molecule has 1 aromatic carbocycles. The van der Waals surface area contributed by atoms with Gasteiger partial charge in [-0.15, -0.1) is 0 Å². The molecule has 1 aliphatic heterocycles. The van der Waals surface area contributed by atoms with Crippen LogP contribution in [0.1, 0.15) is 24.8 Å². The van der Waals surface area contributed by atoms with Gasteiger partial charge in [-0.1, -0.05) is 12.1 Å². The summed E-state index contributed by atoms with van der Waals surface area (Å²) in [5.74, 6) is 0.116. The number of hydrogen-bond donors (Lipinski definition) is 1. The molecule has 1 aliphatic carbocycles. The standard InChI is InChI=1S/C21H28BrN3O3/c1-27-10-3-9-24-13-15(17-4-2-5-18(22)20(17)24)14-25(16-6-7-16)21(26)19-12-23-8-11-28-19/h2,4-5,13,16,19,23H,3,6-12,14H2,1H3/t19-/m1/s1. The van der Waals surface area contributed by atoms with Gasteiger partial charge in [-0.2, -0.15) is 0 Å². The quantitative estimate of drug-likeness (QED) is 0.629. The first-order chi connectivity index (χ1) is 13.7. The van der Waals surface area contributed by atoms with Gasteiger partial charge in [0.2, 0.25) is 0 Å². The van der Waals surface area contributed by atoms with Crippen molar-refractivity contribution in [3.63, 3.8) is 0 Å². The van der Waals surface area contributed by atoms with Crippen LogP contribution >= 0.6 is 15.9 Å². The summed E-state index contributed by atoms with van der Waals surface area (Å²) in [5.41, 5.74) is 2.38. The molecule has 1 saturated carbocycles. The molecule has 0 radical (unpaired) electrons. The second kappa shape index (κ2) is 8.95. The van der Waals surface area contributed by atoms with E-state index in [4.69, 9.17) is 9.47 Å². The Balaban J connectivity index is 1.60. The summed E-state index contributed by atoms with van der Waals surface area (Å²) in [6, 6.07) is 6.63. The second-order valence-corrected chi connectivity index (χ2v) is 8.45. The summed E-state index contributed by atoms with van der Waals surface area (Å²) in [6.07, 6.45) is 4.96. The van der Waals surface area contributed by atoms with Crippen molar-refractivity contribution in [2.45, 2.75) is 44.5 Å². The number of carbonyl (C=O) groups is 1. The molecule has 2 aliphatic rings. The van der Waals surface area contributed by atoms with Crippen LogP contribution in [0.2, 0.25) is 0 Å². The molecule has 2 aromatic rings. The Labute approximate surface area is 174 Å². The van der Waals surface area contributed by atoms with E-state index in [9.17, 15) is 4.79 Å². The second-order valence-electron chi connectivity index (χ2n) is 7.59. The third kappa shape index (κ3) is 4.27. The number of para-hydroxylation sites is 1. The molecule has 6 nitrogen and oxygen atoms in total. The minimum atomic E-state index is -0.365. The van der Waals surface area contributed by atoms with E-state index in [1.165, 1.54) is 16.5 Å². The highest BCUT2D eigenvalue weighted by molar-refractivity contribution is 9.10. The fourth-order valence-electron chi connectivity index (χ4n) is 3.94. The Kier molecular flexibility index (Phi) is 6.35. The molecule has 0 unspecified atom stereocenters. The Morgan fingerprint density at radius 2 is 2.29 bits per heavy atom. The number of benzene rings is 1. The number of amides is 1. The molecule has 1 atom stereocenters. The van der Waals surface area contributed by atoms with Gasteiger partial charge in [0.05, 0.1) is 12.1 Å². The highest BCUT2D eigenvalue weighted by Crippen LogP contribution is 2.33. The minimum absolute atomic E-state index is 0.116. The van der Waals surface area contributed by atoms with Crippen LogP contribution in [0, 0.1) is 0 Å². The van der Waals surface area contributed by atoms with Crippen LogP contribution in [0.25, 0.3) is 10.9 Å². The number of nitrogens with zero attached hydrogens (tertiary/aromatic N) is 2. The maximum absolute atomic E-state index is 13.1. The van der Waals surface area contributed by atoms with Crippen LogP contribution in [0.5, 0.6) is 0 Å². The van der Waals surface area contributed by atoms with E-state index in [0.29, 0.717) is 25.7 Å². The van der Waals surface area contributed by atoms with Crippen LogP contribution < -0.4 is 5.32 Å². The first-order valence-corrected chi connectivity index (χ1v) is 10.9. The third-order valence-corrected chi connectivity index (χ3v) is 6.13.